The summed E-state index contributed by atoms with van der Waals surface area (Å²) in [5.74, 6) is 0. The first-order valence-corrected chi connectivity index (χ1v) is 4.77. The SMILES string of the molecule is CN(c1ccccc1)C1(CN)CC1. The van der Waals surface area contributed by atoms with Gasteiger partial charge in [0.1, 0.15) is 0 Å². The van der Waals surface area contributed by atoms with E-state index in [1.807, 2.05) is 6.07 Å². The second-order valence-corrected chi connectivity index (χ2v) is 3.82. The van der Waals surface area contributed by atoms with Crippen molar-refractivity contribution in [2.24, 2.45) is 5.73 Å². The maximum Gasteiger partial charge on any atom is 0.0522 e. The number of benzene rings is 1. The van der Waals surface area contributed by atoms with E-state index in [9.17, 15) is 0 Å². The van der Waals surface area contributed by atoms with Gasteiger partial charge in [0.05, 0.1) is 5.54 Å². The van der Waals surface area contributed by atoms with Gasteiger partial charge >= 0.3 is 0 Å². The Labute approximate surface area is 79.4 Å². The van der Waals surface area contributed by atoms with Crippen molar-refractivity contribution in [1.29, 1.82) is 0 Å². The molecule has 0 unspecified atom stereocenters. The minimum Gasteiger partial charge on any atom is -0.368 e. The molecule has 0 bridgehead atoms. The zero-order valence-electron chi connectivity index (χ0n) is 8.03. The van der Waals surface area contributed by atoms with Crippen LogP contribution in [0.4, 0.5) is 5.69 Å². The highest BCUT2D eigenvalue weighted by atomic mass is 15.2. The second kappa shape index (κ2) is 3.04. The molecule has 1 aliphatic carbocycles. The molecule has 2 N–H and O–H groups in total. The molecule has 0 aliphatic heterocycles. The normalized spacial score (nSPS) is 18.3. The molecule has 1 aliphatic rings. The summed E-state index contributed by atoms with van der Waals surface area (Å²) in [6.07, 6.45) is 2.46. The lowest BCUT2D eigenvalue weighted by Gasteiger charge is -2.29. The largest absolute Gasteiger partial charge is 0.368 e. The lowest BCUT2D eigenvalue weighted by atomic mass is 10.2. The van der Waals surface area contributed by atoms with Gasteiger partial charge in [-0.25, -0.2) is 0 Å². The predicted molar refractivity (Wildman–Crippen MR) is 55.9 cm³/mol. The minimum atomic E-state index is 0.265. The summed E-state index contributed by atoms with van der Waals surface area (Å²) in [7, 11) is 2.13. The van der Waals surface area contributed by atoms with Crippen molar-refractivity contribution in [3.8, 4) is 0 Å². The van der Waals surface area contributed by atoms with Gasteiger partial charge < -0.3 is 10.6 Å². The maximum absolute atomic E-state index is 5.77. The van der Waals surface area contributed by atoms with Crippen LogP contribution in [0, 0.1) is 0 Å². The van der Waals surface area contributed by atoms with Crippen LogP contribution in [-0.4, -0.2) is 19.1 Å². The third-order valence-electron chi connectivity index (χ3n) is 3.06. The topological polar surface area (TPSA) is 29.3 Å². The van der Waals surface area contributed by atoms with E-state index in [4.69, 9.17) is 5.73 Å². The Morgan fingerprint density at radius 1 is 1.31 bits per heavy atom. The zero-order valence-corrected chi connectivity index (χ0v) is 8.03. The number of anilines is 1. The van der Waals surface area contributed by atoms with Gasteiger partial charge in [0.2, 0.25) is 0 Å². The highest BCUT2D eigenvalue weighted by Crippen LogP contribution is 2.41. The van der Waals surface area contributed by atoms with Gasteiger partial charge in [-0.2, -0.15) is 0 Å². The highest BCUT2D eigenvalue weighted by molar-refractivity contribution is 5.50. The Kier molecular flexibility index (Phi) is 2.00. The van der Waals surface area contributed by atoms with Crippen molar-refractivity contribution in [2.45, 2.75) is 18.4 Å². The minimum absolute atomic E-state index is 0.265. The van der Waals surface area contributed by atoms with Gasteiger partial charge in [-0.15, -0.1) is 0 Å². The summed E-state index contributed by atoms with van der Waals surface area (Å²) in [5.41, 5.74) is 7.30. The summed E-state index contributed by atoms with van der Waals surface area (Å²) < 4.78 is 0. The van der Waals surface area contributed by atoms with Crippen LogP contribution in [-0.2, 0) is 0 Å². The number of hydrogen-bond acceptors (Lipinski definition) is 2. The van der Waals surface area contributed by atoms with Gasteiger partial charge in [-0.05, 0) is 25.0 Å². The van der Waals surface area contributed by atoms with Crippen molar-refractivity contribution in [2.75, 3.05) is 18.5 Å². The van der Waals surface area contributed by atoms with E-state index >= 15 is 0 Å². The molecule has 1 aromatic carbocycles. The number of nitrogens with two attached hydrogens (primary N) is 1. The second-order valence-electron chi connectivity index (χ2n) is 3.82. The van der Waals surface area contributed by atoms with Crippen molar-refractivity contribution < 1.29 is 0 Å². The van der Waals surface area contributed by atoms with Crippen molar-refractivity contribution in [3.05, 3.63) is 30.3 Å². The van der Waals surface area contributed by atoms with Crippen LogP contribution < -0.4 is 10.6 Å². The zero-order chi connectivity index (χ0) is 9.31. The fourth-order valence-corrected chi connectivity index (χ4v) is 1.75. The highest BCUT2D eigenvalue weighted by Gasteiger charge is 2.45. The summed E-state index contributed by atoms with van der Waals surface area (Å²) in [4.78, 5) is 2.31. The number of rotatable bonds is 3. The Balaban J connectivity index is 2.18. The fourth-order valence-electron chi connectivity index (χ4n) is 1.75. The van der Waals surface area contributed by atoms with Gasteiger partial charge in [-0.3, -0.25) is 0 Å². The molecule has 0 heterocycles. The number of para-hydroxylation sites is 1. The summed E-state index contributed by atoms with van der Waals surface area (Å²) in [5, 5.41) is 0. The number of hydrogen-bond donors (Lipinski definition) is 1. The van der Waals surface area contributed by atoms with Gasteiger partial charge in [0.25, 0.3) is 0 Å². The first kappa shape index (κ1) is 8.57. The fraction of sp³-hybridized carbons (Fsp3) is 0.455. The van der Waals surface area contributed by atoms with Gasteiger partial charge in [-0.1, -0.05) is 18.2 Å². The first-order chi connectivity index (χ1) is 6.28. The van der Waals surface area contributed by atoms with E-state index < -0.39 is 0 Å². The van der Waals surface area contributed by atoms with E-state index in [0.717, 1.165) is 6.54 Å². The Hall–Kier alpha value is -1.02. The van der Waals surface area contributed by atoms with Crippen LogP contribution >= 0.6 is 0 Å². The molecule has 2 heteroatoms. The summed E-state index contributed by atoms with van der Waals surface area (Å²) in [6.45, 7) is 0.762. The lowest BCUT2D eigenvalue weighted by molar-refractivity contribution is 0.636. The third kappa shape index (κ3) is 1.42. The Morgan fingerprint density at radius 3 is 2.38 bits per heavy atom. The lowest BCUT2D eigenvalue weighted by Crippen LogP contribution is -2.40. The Morgan fingerprint density at radius 2 is 1.92 bits per heavy atom. The third-order valence-corrected chi connectivity index (χ3v) is 3.06. The van der Waals surface area contributed by atoms with E-state index in [-0.39, 0.29) is 5.54 Å². The quantitative estimate of drug-likeness (QED) is 0.758. The van der Waals surface area contributed by atoms with E-state index in [1.165, 1.54) is 18.5 Å². The first-order valence-electron chi connectivity index (χ1n) is 4.77. The molecule has 1 aromatic rings. The molecule has 0 saturated heterocycles. The molecule has 1 fully saturated rings. The molecular weight excluding hydrogens is 160 g/mol. The molecule has 13 heavy (non-hydrogen) atoms. The number of nitrogens with zero attached hydrogens (tertiary/aromatic N) is 1. The van der Waals surface area contributed by atoms with E-state index in [0.29, 0.717) is 0 Å². The van der Waals surface area contributed by atoms with Crippen LogP contribution in [0.3, 0.4) is 0 Å². The molecule has 0 spiro atoms. The molecule has 0 radical (unpaired) electrons. The van der Waals surface area contributed by atoms with Crippen LogP contribution in [0.1, 0.15) is 12.8 Å². The molecular formula is C11H16N2. The Bertz CT molecular complexity index is 277. The average Bonchev–Trinajstić information content (AvgIpc) is 2.99. The molecule has 0 amide bonds. The van der Waals surface area contributed by atoms with Crippen LogP contribution in [0.25, 0.3) is 0 Å². The van der Waals surface area contributed by atoms with E-state index in [2.05, 4.69) is 36.2 Å². The van der Waals surface area contributed by atoms with Crippen molar-refractivity contribution in [1.82, 2.24) is 0 Å². The monoisotopic (exact) mass is 176 g/mol. The smallest absolute Gasteiger partial charge is 0.0522 e. The van der Waals surface area contributed by atoms with Gasteiger partial charge in [0, 0.05) is 19.3 Å². The van der Waals surface area contributed by atoms with Crippen LogP contribution in [0.15, 0.2) is 30.3 Å². The standard InChI is InChI=1S/C11H16N2/c1-13(11(9-12)7-8-11)10-5-3-2-4-6-10/h2-6H,7-9,12H2,1H3. The van der Waals surface area contributed by atoms with Crippen LogP contribution in [0.2, 0.25) is 0 Å². The molecule has 70 valence electrons. The number of likely N-dealkylation sites (N-methyl/N-ethyl adjacent to an activating group) is 1. The van der Waals surface area contributed by atoms with Crippen molar-refractivity contribution >= 4 is 5.69 Å². The molecule has 0 atom stereocenters. The molecule has 2 nitrogen and oxygen atoms in total. The van der Waals surface area contributed by atoms with E-state index in [1.54, 1.807) is 0 Å². The van der Waals surface area contributed by atoms with Gasteiger partial charge in [0.15, 0.2) is 0 Å². The molecule has 0 aromatic heterocycles. The average molecular weight is 176 g/mol. The summed E-state index contributed by atoms with van der Waals surface area (Å²) >= 11 is 0. The maximum atomic E-state index is 5.77. The predicted octanol–water partition coefficient (Wildman–Crippen LogP) is 1.61. The molecule has 2 rings (SSSR count). The molecule has 1 saturated carbocycles. The summed E-state index contributed by atoms with van der Waals surface area (Å²) in [6, 6.07) is 10.4. The van der Waals surface area contributed by atoms with Crippen molar-refractivity contribution in [3.63, 3.8) is 0 Å². The van der Waals surface area contributed by atoms with Crippen LogP contribution in [0.5, 0.6) is 0 Å².